The lowest BCUT2D eigenvalue weighted by molar-refractivity contribution is 0.0679. The lowest BCUT2D eigenvalue weighted by Crippen LogP contribution is -2.06. The molecule has 0 radical (unpaired) electrons. The molecule has 2 aromatic rings. The minimum absolute atomic E-state index is 0.0661. The van der Waals surface area contributed by atoms with E-state index in [-0.39, 0.29) is 5.82 Å². The number of nitrogens with zero attached hydrogens (tertiary/aromatic N) is 2. The van der Waals surface area contributed by atoms with E-state index in [9.17, 15) is 4.79 Å². The second-order valence-electron chi connectivity index (χ2n) is 3.60. The van der Waals surface area contributed by atoms with Gasteiger partial charge in [0, 0.05) is 18.3 Å². The highest BCUT2D eigenvalue weighted by Crippen LogP contribution is 2.22. The van der Waals surface area contributed by atoms with Crippen molar-refractivity contribution >= 4 is 5.97 Å². The van der Waals surface area contributed by atoms with E-state index in [1.165, 1.54) is 0 Å². The quantitative estimate of drug-likeness (QED) is 0.836. The van der Waals surface area contributed by atoms with Gasteiger partial charge in [0.1, 0.15) is 0 Å². The van der Waals surface area contributed by atoms with Crippen molar-refractivity contribution in [3.8, 4) is 11.3 Å². The summed E-state index contributed by atoms with van der Waals surface area (Å²) in [5, 5.41) is 8.97. The minimum Gasteiger partial charge on any atom is -0.475 e. The van der Waals surface area contributed by atoms with Crippen molar-refractivity contribution in [2.45, 2.75) is 6.92 Å². The van der Waals surface area contributed by atoms with Gasteiger partial charge in [-0.2, -0.15) is 0 Å². The first-order valence-electron chi connectivity index (χ1n) is 4.93. The summed E-state index contributed by atoms with van der Waals surface area (Å²) in [7, 11) is 1.71. The number of rotatable bonds is 2. The van der Waals surface area contributed by atoms with Gasteiger partial charge in [0.2, 0.25) is 5.82 Å². The zero-order valence-corrected chi connectivity index (χ0v) is 9.14. The molecule has 1 N–H and O–H groups in total. The number of hydrogen-bond donors (Lipinski definition) is 1. The Morgan fingerprint density at radius 2 is 1.94 bits per heavy atom. The van der Waals surface area contributed by atoms with Gasteiger partial charge in [-0.3, -0.25) is 0 Å². The zero-order chi connectivity index (χ0) is 11.7. The van der Waals surface area contributed by atoms with E-state index in [0.29, 0.717) is 0 Å². The highest BCUT2D eigenvalue weighted by Gasteiger charge is 2.17. The minimum atomic E-state index is -1.01. The van der Waals surface area contributed by atoms with Crippen LogP contribution in [-0.2, 0) is 7.05 Å². The molecule has 1 aromatic heterocycles. The van der Waals surface area contributed by atoms with Crippen LogP contribution in [0.3, 0.4) is 0 Å². The first-order chi connectivity index (χ1) is 7.61. The number of hydrogen-bond acceptors (Lipinski definition) is 2. The number of imidazole rings is 1. The van der Waals surface area contributed by atoms with Crippen molar-refractivity contribution in [2.75, 3.05) is 0 Å². The molecule has 0 saturated heterocycles. The summed E-state index contributed by atoms with van der Waals surface area (Å²) < 4.78 is 1.59. The van der Waals surface area contributed by atoms with E-state index in [0.717, 1.165) is 17.0 Å². The normalized spacial score (nSPS) is 10.4. The average Bonchev–Trinajstić information content (AvgIpc) is 2.58. The lowest BCUT2D eigenvalue weighted by atomic mass is 10.1. The molecule has 82 valence electrons. The van der Waals surface area contributed by atoms with Gasteiger partial charge in [0.25, 0.3) is 0 Å². The fraction of sp³-hybridized carbons (Fsp3) is 0.167. The van der Waals surface area contributed by atoms with E-state index < -0.39 is 5.97 Å². The van der Waals surface area contributed by atoms with Gasteiger partial charge >= 0.3 is 5.97 Å². The summed E-state index contributed by atoms with van der Waals surface area (Å²) >= 11 is 0. The second kappa shape index (κ2) is 3.81. The van der Waals surface area contributed by atoms with Gasteiger partial charge in [-0.15, -0.1) is 0 Å². The molecule has 0 unspecified atom stereocenters. The van der Waals surface area contributed by atoms with Crippen molar-refractivity contribution in [3.63, 3.8) is 0 Å². The highest BCUT2D eigenvalue weighted by molar-refractivity contribution is 5.85. The third-order valence-corrected chi connectivity index (χ3v) is 2.62. The molecule has 0 aliphatic rings. The molecule has 4 nitrogen and oxygen atoms in total. The van der Waals surface area contributed by atoms with E-state index in [1.54, 1.807) is 11.6 Å². The summed E-state index contributed by atoms with van der Waals surface area (Å²) in [4.78, 5) is 15.1. The molecule has 0 aliphatic heterocycles. The zero-order valence-electron chi connectivity index (χ0n) is 9.14. The number of carboxylic acid groups (broad SMARTS) is 1. The van der Waals surface area contributed by atoms with Crippen molar-refractivity contribution in [1.29, 1.82) is 0 Å². The SMILES string of the molecule is Cc1c(-c2ccccc2)nc(C(=O)O)n1C. The van der Waals surface area contributed by atoms with Gasteiger partial charge in [-0.1, -0.05) is 30.3 Å². The van der Waals surface area contributed by atoms with Crippen molar-refractivity contribution in [2.24, 2.45) is 7.05 Å². The van der Waals surface area contributed by atoms with Crippen LogP contribution in [0.5, 0.6) is 0 Å². The summed E-state index contributed by atoms with van der Waals surface area (Å²) in [5.41, 5.74) is 2.51. The second-order valence-corrected chi connectivity index (χ2v) is 3.60. The fourth-order valence-electron chi connectivity index (χ4n) is 1.64. The summed E-state index contributed by atoms with van der Waals surface area (Å²) in [6, 6.07) is 9.57. The molecule has 0 spiro atoms. The highest BCUT2D eigenvalue weighted by atomic mass is 16.4. The molecule has 4 heteroatoms. The van der Waals surface area contributed by atoms with Crippen LogP contribution in [0.4, 0.5) is 0 Å². The molecule has 0 amide bonds. The maximum atomic E-state index is 10.9. The Labute approximate surface area is 93.2 Å². The smallest absolute Gasteiger partial charge is 0.372 e. The Morgan fingerprint density at radius 1 is 1.31 bits per heavy atom. The molecule has 16 heavy (non-hydrogen) atoms. The number of carbonyl (C=O) groups is 1. The number of carboxylic acids is 1. The molecule has 0 bridgehead atoms. The van der Waals surface area contributed by atoms with E-state index in [1.807, 2.05) is 37.3 Å². The van der Waals surface area contributed by atoms with Gasteiger partial charge in [-0.25, -0.2) is 9.78 Å². The largest absolute Gasteiger partial charge is 0.475 e. The van der Waals surface area contributed by atoms with Crippen LogP contribution in [-0.4, -0.2) is 20.6 Å². The van der Waals surface area contributed by atoms with E-state index in [4.69, 9.17) is 5.11 Å². The van der Waals surface area contributed by atoms with Gasteiger partial charge < -0.3 is 9.67 Å². The van der Waals surface area contributed by atoms with Crippen LogP contribution in [0.1, 0.15) is 16.3 Å². The van der Waals surface area contributed by atoms with Gasteiger partial charge in [0.05, 0.1) is 5.69 Å². The van der Waals surface area contributed by atoms with Crippen LogP contribution in [0.2, 0.25) is 0 Å². The van der Waals surface area contributed by atoms with Crippen molar-refractivity contribution < 1.29 is 9.90 Å². The standard InChI is InChI=1S/C12H12N2O2/c1-8-10(9-6-4-3-5-7-9)13-11(12(15)16)14(8)2/h3-7H,1-2H3,(H,15,16). The van der Waals surface area contributed by atoms with E-state index >= 15 is 0 Å². The maximum absolute atomic E-state index is 10.9. The molecule has 0 fully saturated rings. The first-order valence-corrected chi connectivity index (χ1v) is 4.93. The third kappa shape index (κ3) is 1.58. The molecular formula is C12H12N2O2. The number of aromatic carboxylic acids is 1. The van der Waals surface area contributed by atoms with Crippen LogP contribution in [0, 0.1) is 6.92 Å². The van der Waals surface area contributed by atoms with Gasteiger partial charge in [-0.05, 0) is 6.92 Å². The Bertz CT molecular complexity index is 529. The van der Waals surface area contributed by atoms with Crippen molar-refractivity contribution in [1.82, 2.24) is 9.55 Å². The molecule has 0 atom stereocenters. The summed E-state index contributed by atoms with van der Waals surface area (Å²) in [6.45, 7) is 1.86. The van der Waals surface area contributed by atoms with Crippen LogP contribution < -0.4 is 0 Å². The lowest BCUT2D eigenvalue weighted by Gasteiger charge is -1.99. The number of benzene rings is 1. The Hall–Kier alpha value is -2.10. The number of aromatic nitrogens is 2. The summed E-state index contributed by atoms with van der Waals surface area (Å²) in [5.74, 6) is -0.941. The van der Waals surface area contributed by atoms with Crippen LogP contribution in [0.25, 0.3) is 11.3 Å². The Morgan fingerprint density at radius 3 is 2.44 bits per heavy atom. The molecule has 0 saturated carbocycles. The molecule has 1 heterocycles. The third-order valence-electron chi connectivity index (χ3n) is 2.62. The molecule has 2 rings (SSSR count). The molecule has 0 aliphatic carbocycles. The van der Waals surface area contributed by atoms with Gasteiger partial charge in [0.15, 0.2) is 0 Å². The predicted octanol–water partition coefficient (Wildman–Crippen LogP) is 2.09. The Balaban J connectivity index is 2.60. The maximum Gasteiger partial charge on any atom is 0.372 e. The predicted molar refractivity (Wildman–Crippen MR) is 60.3 cm³/mol. The topological polar surface area (TPSA) is 55.1 Å². The summed E-state index contributed by atoms with van der Waals surface area (Å²) in [6.07, 6.45) is 0. The fourth-order valence-corrected chi connectivity index (χ4v) is 1.64. The van der Waals surface area contributed by atoms with Crippen molar-refractivity contribution in [3.05, 3.63) is 41.9 Å². The van der Waals surface area contributed by atoms with Crippen LogP contribution >= 0.6 is 0 Å². The first kappa shape index (κ1) is 10.4. The Kier molecular flexibility index (Phi) is 2.48. The van der Waals surface area contributed by atoms with Crippen LogP contribution in [0.15, 0.2) is 30.3 Å². The average molecular weight is 216 g/mol. The molecular weight excluding hydrogens is 204 g/mol. The monoisotopic (exact) mass is 216 g/mol. The van der Waals surface area contributed by atoms with E-state index in [2.05, 4.69) is 4.98 Å². The molecule has 1 aromatic carbocycles.